The number of unbranched alkanes of at least 4 members (excludes halogenated alkanes) is 8. The van der Waals surface area contributed by atoms with Crippen molar-refractivity contribution in [1.82, 2.24) is 0 Å². The highest BCUT2D eigenvalue weighted by Gasteiger charge is 2.53. The molecule has 1 atom stereocenters. The number of halogens is 1. The van der Waals surface area contributed by atoms with Gasteiger partial charge in [-0.25, -0.2) is 4.79 Å². The smallest absolute Gasteiger partial charge is 0.340 e. The zero-order valence-electron chi connectivity index (χ0n) is 28.0. The van der Waals surface area contributed by atoms with E-state index in [1.165, 1.54) is 64.2 Å². The Kier molecular flexibility index (Phi) is 10.4. The first kappa shape index (κ1) is 33.0. The van der Waals surface area contributed by atoms with Gasteiger partial charge in [0.15, 0.2) is 5.60 Å². The minimum atomic E-state index is -1.12. The minimum Gasteiger partial charge on any atom is -0.456 e. The molecule has 2 heterocycles. The average Bonchev–Trinajstić information content (AvgIpc) is 3.37. The fraction of sp³-hybridized carbons (Fsp3) is 0.390. The summed E-state index contributed by atoms with van der Waals surface area (Å²) in [6.07, 6.45) is 12.5. The van der Waals surface area contributed by atoms with E-state index >= 15 is 0 Å². The van der Waals surface area contributed by atoms with Crippen molar-refractivity contribution in [2.24, 2.45) is 0 Å². The van der Waals surface area contributed by atoms with E-state index in [1.807, 2.05) is 48.5 Å². The van der Waals surface area contributed by atoms with Crippen LogP contribution >= 0.6 is 11.6 Å². The van der Waals surface area contributed by atoms with Crippen molar-refractivity contribution in [2.75, 3.05) is 23.3 Å². The first-order chi connectivity index (χ1) is 22.9. The largest absolute Gasteiger partial charge is 0.456 e. The molecule has 6 heteroatoms. The summed E-state index contributed by atoms with van der Waals surface area (Å²) < 4.78 is 13.3. The maximum Gasteiger partial charge on any atom is 0.340 e. The molecule has 2 aliphatic rings. The van der Waals surface area contributed by atoms with Gasteiger partial charge in [-0.3, -0.25) is 0 Å². The molecule has 0 saturated heterocycles. The summed E-state index contributed by atoms with van der Waals surface area (Å²) in [4.78, 5) is 16.0. The molecule has 0 aliphatic carbocycles. The lowest BCUT2D eigenvalue weighted by Crippen LogP contribution is -2.33. The summed E-state index contributed by atoms with van der Waals surface area (Å²) in [5.74, 6) is 1.11. The quantitative estimate of drug-likeness (QED) is 0.102. The lowest BCUT2D eigenvalue weighted by molar-refractivity contribution is 0.0224. The van der Waals surface area contributed by atoms with Crippen LogP contribution in [0.25, 0.3) is 0 Å². The highest BCUT2D eigenvalue weighted by Crippen LogP contribution is 2.57. The van der Waals surface area contributed by atoms with Gasteiger partial charge in [0.25, 0.3) is 0 Å². The summed E-state index contributed by atoms with van der Waals surface area (Å²) >= 11 is 6.15. The molecule has 4 aromatic carbocycles. The highest BCUT2D eigenvalue weighted by molar-refractivity contribution is 6.30. The molecular formula is C41H47ClN2O3. The minimum absolute atomic E-state index is 0.322. The average molecular weight is 651 g/mol. The predicted molar refractivity (Wildman–Crippen MR) is 194 cm³/mol. The van der Waals surface area contributed by atoms with E-state index in [0.29, 0.717) is 16.3 Å². The summed E-state index contributed by atoms with van der Waals surface area (Å²) in [7, 11) is 0. The van der Waals surface area contributed by atoms with E-state index in [-0.39, 0.29) is 5.97 Å². The van der Waals surface area contributed by atoms with Crippen molar-refractivity contribution in [2.45, 2.75) is 90.6 Å². The second kappa shape index (κ2) is 14.9. The van der Waals surface area contributed by atoms with Crippen LogP contribution in [0.5, 0.6) is 11.5 Å². The molecule has 1 spiro atoms. The van der Waals surface area contributed by atoms with Gasteiger partial charge in [0.1, 0.15) is 11.5 Å². The molecule has 246 valence electrons. The fourth-order valence-corrected chi connectivity index (χ4v) is 7.14. The molecule has 6 rings (SSSR count). The van der Waals surface area contributed by atoms with E-state index in [1.54, 1.807) is 0 Å². The van der Waals surface area contributed by atoms with Gasteiger partial charge < -0.3 is 19.7 Å². The Morgan fingerprint density at radius 3 is 2.09 bits per heavy atom. The Labute approximate surface area is 285 Å². The summed E-state index contributed by atoms with van der Waals surface area (Å²) in [5, 5.41) is 4.22. The van der Waals surface area contributed by atoms with Crippen LogP contribution in [0.1, 0.15) is 111 Å². The first-order valence-electron chi connectivity index (χ1n) is 17.5. The van der Waals surface area contributed by atoms with Crippen molar-refractivity contribution in [3.63, 3.8) is 0 Å². The Bertz CT molecular complexity index is 1690. The molecule has 0 radical (unpaired) electrons. The van der Waals surface area contributed by atoms with Crippen molar-refractivity contribution in [3.8, 4) is 11.5 Å². The van der Waals surface area contributed by atoms with Gasteiger partial charge in [-0.05, 0) is 79.9 Å². The third kappa shape index (κ3) is 6.87. The number of esters is 1. The number of fused-ring (bicyclic) bond motifs is 6. The van der Waals surface area contributed by atoms with Crippen LogP contribution < -0.4 is 15.0 Å². The second-order valence-electron chi connectivity index (χ2n) is 13.0. The van der Waals surface area contributed by atoms with E-state index in [0.717, 1.165) is 58.2 Å². The summed E-state index contributed by atoms with van der Waals surface area (Å²) in [5.41, 5.74) is 5.96. The van der Waals surface area contributed by atoms with Gasteiger partial charge >= 0.3 is 5.97 Å². The zero-order chi connectivity index (χ0) is 32.8. The van der Waals surface area contributed by atoms with Gasteiger partial charge in [-0.15, -0.1) is 0 Å². The van der Waals surface area contributed by atoms with Crippen molar-refractivity contribution in [3.05, 3.63) is 112 Å². The van der Waals surface area contributed by atoms with Crippen molar-refractivity contribution < 1.29 is 14.3 Å². The van der Waals surface area contributed by atoms with Crippen LogP contribution in [0.3, 0.4) is 0 Å². The van der Waals surface area contributed by atoms with Gasteiger partial charge in [0, 0.05) is 57.9 Å². The molecule has 47 heavy (non-hydrogen) atoms. The highest BCUT2D eigenvalue weighted by atomic mass is 35.5. The number of hydrogen-bond acceptors (Lipinski definition) is 5. The molecule has 5 nitrogen and oxygen atoms in total. The Morgan fingerprint density at radius 1 is 0.723 bits per heavy atom. The van der Waals surface area contributed by atoms with Crippen LogP contribution in [-0.2, 0) is 10.3 Å². The molecule has 4 aromatic rings. The number of nitrogens with zero attached hydrogens (tertiary/aromatic N) is 1. The molecular weight excluding hydrogens is 604 g/mol. The monoisotopic (exact) mass is 650 g/mol. The summed E-state index contributed by atoms with van der Waals surface area (Å²) in [6, 6.07) is 26.0. The third-order valence-corrected chi connectivity index (χ3v) is 9.85. The lowest BCUT2D eigenvalue weighted by Gasteiger charge is -2.38. The maximum absolute atomic E-state index is 13.5. The molecule has 0 amide bonds. The van der Waals surface area contributed by atoms with Crippen LogP contribution in [0.2, 0.25) is 5.02 Å². The second-order valence-corrected chi connectivity index (χ2v) is 13.4. The number of carbonyl (C=O) groups is 1. The number of benzene rings is 4. The Morgan fingerprint density at radius 2 is 1.38 bits per heavy atom. The standard InChI is InChI=1S/C41H47ClN2O3/c1-4-6-8-10-14-24-44(25-15-11-9-7-5-2)32-22-23-35-39(27-32)46-38-26-29(3)37(43-31-20-18-30(42)19-21-31)28-36(38)41(35)34-17-13-12-16-33(34)40(45)47-41/h12-13,16-23,26-28,43H,4-11,14-15,24-25H2,1-3H3. The fourth-order valence-electron chi connectivity index (χ4n) is 7.01. The Balaban J connectivity index is 1.39. The molecule has 0 fully saturated rings. The molecule has 0 aromatic heterocycles. The SMILES string of the molecule is CCCCCCCN(CCCCCCC)c1ccc2c(c1)Oc1cc(C)c(Nc3ccc(Cl)cc3)cc1C21OC(=O)c2ccccc21. The Hall–Kier alpha value is -3.96. The number of rotatable bonds is 15. The van der Waals surface area contributed by atoms with Crippen LogP contribution in [-0.4, -0.2) is 19.1 Å². The van der Waals surface area contributed by atoms with Gasteiger partial charge in [0.05, 0.1) is 5.56 Å². The van der Waals surface area contributed by atoms with Crippen LogP contribution in [0, 0.1) is 6.92 Å². The number of nitrogens with one attached hydrogen (secondary N) is 1. The first-order valence-corrected chi connectivity index (χ1v) is 17.9. The normalized spacial score (nSPS) is 15.9. The van der Waals surface area contributed by atoms with Gasteiger partial charge in [-0.1, -0.05) is 95.0 Å². The number of anilines is 3. The van der Waals surface area contributed by atoms with E-state index in [2.05, 4.69) is 61.3 Å². The third-order valence-electron chi connectivity index (χ3n) is 9.59. The zero-order valence-corrected chi connectivity index (χ0v) is 28.8. The molecule has 1 unspecified atom stereocenters. The number of carbonyl (C=O) groups excluding carboxylic acids is 1. The van der Waals surface area contributed by atoms with Crippen LogP contribution in [0.15, 0.2) is 78.9 Å². The predicted octanol–water partition coefficient (Wildman–Crippen LogP) is 11.7. The van der Waals surface area contributed by atoms with Gasteiger partial charge in [-0.2, -0.15) is 0 Å². The molecule has 0 bridgehead atoms. The maximum atomic E-state index is 13.5. The van der Waals surface area contributed by atoms with Crippen molar-refractivity contribution >= 4 is 34.6 Å². The lowest BCUT2D eigenvalue weighted by atomic mass is 9.77. The number of hydrogen-bond donors (Lipinski definition) is 1. The number of aryl methyl sites for hydroxylation is 1. The number of ether oxygens (including phenoxy) is 2. The molecule has 2 aliphatic heterocycles. The topological polar surface area (TPSA) is 50.8 Å². The molecule has 0 saturated carbocycles. The van der Waals surface area contributed by atoms with Gasteiger partial charge in [0.2, 0.25) is 0 Å². The van der Waals surface area contributed by atoms with E-state index in [9.17, 15) is 4.79 Å². The van der Waals surface area contributed by atoms with E-state index in [4.69, 9.17) is 21.1 Å². The van der Waals surface area contributed by atoms with Crippen molar-refractivity contribution in [1.29, 1.82) is 0 Å². The molecule has 1 N–H and O–H groups in total. The van der Waals surface area contributed by atoms with E-state index < -0.39 is 5.60 Å². The summed E-state index contributed by atoms with van der Waals surface area (Å²) in [6.45, 7) is 8.63. The van der Waals surface area contributed by atoms with Crippen LogP contribution in [0.4, 0.5) is 17.1 Å².